The molecule has 1 aliphatic rings. The van der Waals surface area contributed by atoms with Crippen molar-refractivity contribution in [3.63, 3.8) is 0 Å². The molecule has 3 nitrogen and oxygen atoms in total. The van der Waals surface area contributed by atoms with E-state index in [0.29, 0.717) is 18.2 Å². The van der Waals surface area contributed by atoms with Crippen LogP contribution in [0.4, 0.5) is 0 Å². The lowest BCUT2D eigenvalue weighted by molar-refractivity contribution is -0.122. The van der Waals surface area contributed by atoms with E-state index in [1.54, 1.807) is 10.8 Å². The van der Waals surface area contributed by atoms with E-state index in [4.69, 9.17) is 0 Å². The number of rotatable bonds is 1. The van der Waals surface area contributed by atoms with Gasteiger partial charge in [-0.25, -0.2) is 0 Å². The molecule has 0 spiro atoms. The van der Waals surface area contributed by atoms with Crippen LogP contribution < -0.4 is 5.56 Å². The molecule has 1 saturated carbocycles. The van der Waals surface area contributed by atoms with Gasteiger partial charge >= 0.3 is 0 Å². The van der Waals surface area contributed by atoms with Crippen LogP contribution in [0.3, 0.4) is 0 Å². The highest BCUT2D eigenvalue weighted by atomic mass is 16.1. The molecule has 0 bridgehead atoms. The van der Waals surface area contributed by atoms with Crippen molar-refractivity contribution in [3.8, 4) is 0 Å². The fourth-order valence-corrected chi connectivity index (χ4v) is 3.22. The van der Waals surface area contributed by atoms with Gasteiger partial charge in [0.2, 0.25) is 0 Å². The number of hydrogen-bond acceptors (Lipinski definition) is 2. The molecule has 1 fully saturated rings. The van der Waals surface area contributed by atoms with Gasteiger partial charge in [0.05, 0.1) is 6.04 Å². The molecule has 2 aromatic rings. The Morgan fingerprint density at radius 3 is 2.57 bits per heavy atom. The Hall–Kier alpha value is -2.16. The minimum Gasteiger partial charge on any atom is -0.304 e. The number of carbonyl (C=O) groups is 1. The SMILES string of the molecule is C=C1CCC(n2ccc3cc(C(C)(C)C)ccc3c2=O)C(=O)C1. The Labute approximate surface area is 136 Å². The van der Waals surface area contributed by atoms with Crippen LogP contribution in [0.25, 0.3) is 10.8 Å². The first-order valence-electron chi connectivity index (χ1n) is 8.12. The van der Waals surface area contributed by atoms with E-state index in [0.717, 1.165) is 17.4 Å². The predicted octanol–water partition coefficient (Wildman–Crippen LogP) is 4.15. The Bertz CT molecular complexity index is 852. The summed E-state index contributed by atoms with van der Waals surface area (Å²) < 4.78 is 1.61. The van der Waals surface area contributed by atoms with Crippen molar-refractivity contribution >= 4 is 16.6 Å². The molecule has 23 heavy (non-hydrogen) atoms. The second kappa shape index (κ2) is 5.48. The first-order chi connectivity index (χ1) is 10.8. The maximum Gasteiger partial charge on any atom is 0.259 e. The van der Waals surface area contributed by atoms with Gasteiger partial charge in [0.25, 0.3) is 5.56 Å². The average molecular weight is 309 g/mol. The van der Waals surface area contributed by atoms with E-state index in [1.165, 1.54) is 5.56 Å². The molecule has 3 rings (SSSR count). The van der Waals surface area contributed by atoms with E-state index < -0.39 is 0 Å². The Kier molecular flexibility index (Phi) is 3.75. The van der Waals surface area contributed by atoms with E-state index in [1.807, 2.05) is 18.2 Å². The maximum absolute atomic E-state index is 12.8. The second-order valence-corrected chi connectivity index (χ2v) is 7.53. The normalized spacial score (nSPS) is 19.3. The first kappa shape index (κ1) is 15.7. The largest absolute Gasteiger partial charge is 0.304 e. The van der Waals surface area contributed by atoms with Gasteiger partial charge in [-0.05, 0) is 41.3 Å². The van der Waals surface area contributed by atoms with Crippen molar-refractivity contribution in [2.45, 2.75) is 51.5 Å². The molecule has 1 atom stereocenters. The third-order valence-electron chi connectivity index (χ3n) is 4.70. The number of nitrogens with zero attached hydrogens (tertiary/aromatic N) is 1. The highest BCUT2D eigenvalue weighted by molar-refractivity contribution is 5.87. The summed E-state index contributed by atoms with van der Waals surface area (Å²) >= 11 is 0. The number of ketones is 1. The molecule has 1 heterocycles. The lowest BCUT2D eigenvalue weighted by atomic mass is 9.86. The van der Waals surface area contributed by atoms with Gasteiger partial charge in [-0.2, -0.15) is 0 Å². The fraction of sp³-hybridized carbons (Fsp3) is 0.400. The quantitative estimate of drug-likeness (QED) is 0.742. The molecule has 0 N–H and O–H groups in total. The van der Waals surface area contributed by atoms with Gasteiger partial charge in [0.15, 0.2) is 5.78 Å². The lowest BCUT2D eigenvalue weighted by Gasteiger charge is -2.24. The Balaban J connectivity index is 2.08. The number of hydrogen-bond donors (Lipinski definition) is 0. The van der Waals surface area contributed by atoms with Crippen molar-refractivity contribution in [1.29, 1.82) is 0 Å². The maximum atomic E-state index is 12.8. The van der Waals surface area contributed by atoms with E-state index >= 15 is 0 Å². The van der Waals surface area contributed by atoms with Crippen LogP contribution in [0, 0.1) is 0 Å². The molecular formula is C20H23NO2. The predicted molar refractivity (Wildman–Crippen MR) is 93.9 cm³/mol. The fourth-order valence-electron chi connectivity index (χ4n) is 3.22. The zero-order chi connectivity index (χ0) is 16.8. The van der Waals surface area contributed by atoms with Gasteiger partial charge in [-0.15, -0.1) is 0 Å². The summed E-state index contributed by atoms with van der Waals surface area (Å²) in [4.78, 5) is 25.1. The van der Waals surface area contributed by atoms with Gasteiger partial charge < -0.3 is 4.57 Å². The number of aromatic nitrogens is 1. The standard InChI is InChI=1S/C20H23NO2/c1-13-5-8-17(18(22)11-13)21-10-9-14-12-15(20(2,3)4)6-7-16(14)19(21)23/h6-7,9-10,12,17H,1,5,8,11H2,2-4H3. The van der Waals surface area contributed by atoms with Crippen molar-refractivity contribution in [2.24, 2.45) is 0 Å². The number of carbonyl (C=O) groups excluding carboxylic acids is 1. The number of allylic oxidation sites excluding steroid dienone is 1. The molecule has 1 unspecified atom stereocenters. The van der Waals surface area contributed by atoms with E-state index in [-0.39, 0.29) is 22.8 Å². The minimum absolute atomic E-state index is 0.0444. The van der Waals surface area contributed by atoms with Crippen LogP contribution in [-0.2, 0) is 10.2 Å². The van der Waals surface area contributed by atoms with Crippen molar-refractivity contribution in [2.75, 3.05) is 0 Å². The smallest absolute Gasteiger partial charge is 0.259 e. The van der Waals surface area contributed by atoms with Gasteiger partial charge in [-0.1, -0.05) is 45.1 Å². The van der Waals surface area contributed by atoms with Crippen LogP contribution in [-0.4, -0.2) is 10.4 Å². The number of fused-ring (bicyclic) bond motifs is 1. The Morgan fingerprint density at radius 1 is 1.17 bits per heavy atom. The zero-order valence-electron chi connectivity index (χ0n) is 14.1. The van der Waals surface area contributed by atoms with Gasteiger partial charge in [0.1, 0.15) is 0 Å². The monoisotopic (exact) mass is 309 g/mol. The summed E-state index contributed by atoms with van der Waals surface area (Å²) in [5.41, 5.74) is 2.14. The molecule has 1 aliphatic carbocycles. The zero-order valence-corrected chi connectivity index (χ0v) is 14.1. The molecule has 0 saturated heterocycles. The van der Waals surface area contributed by atoms with Crippen LogP contribution >= 0.6 is 0 Å². The molecule has 1 aromatic heterocycles. The highest BCUT2D eigenvalue weighted by Crippen LogP contribution is 2.28. The molecule has 120 valence electrons. The van der Waals surface area contributed by atoms with Gasteiger partial charge in [0, 0.05) is 18.0 Å². The summed E-state index contributed by atoms with van der Waals surface area (Å²) in [5.74, 6) is 0.0917. The molecular weight excluding hydrogens is 286 g/mol. The third kappa shape index (κ3) is 2.88. The summed E-state index contributed by atoms with van der Waals surface area (Å²) in [5, 5.41) is 1.61. The van der Waals surface area contributed by atoms with Crippen LogP contribution in [0.1, 0.15) is 51.6 Å². The molecule has 0 radical (unpaired) electrons. The van der Waals surface area contributed by atoms with Crippen LogP contribution in [0.15, 0.2) is 47.4 Å². The van der Waals surface area contributed by atoms with E-state index in [9.17, 15) is 9.59 Å². The highest BCUT2D eigenvalue weighted by Gasteiger charge is 2.26. The summed E-state index contributed by atoms with van der Waals surface area (Å²) in [7, 11) is 0. The van der Waals surface area contributed by atoms with E-state index in [2.05, 4.69) is 33.4 Å². The number of pyridine rings is 1. The third-order valence-corrected chi connectivity index (χ3v) is 4.70. The molecule has 3 heteroatoms. The number of benzene rings is 1. The summed E-state index contributed by atoms with van der Waals surface area (Å²) in [6.45, 7) is 10.4. The number of Topliss-reactive ketones (excluding diaryl/α,β-unsaturated/α-hetero) is 1. The topological polar surface area (TPSA) is 39.1 Å². The summed E-state index contributed by atoms with van der Waals surface area (Å²) in [6.07, 6.45) is 3.64. The lowest BCUT2D eigenvalue weighted by Crippen LogP contribution is -2.32. The summed E-state index contributed by atoms with van der Waals surface area (Å²) in [6, 6.07) is 7.58. The first-order valence-corrected chi connectivity index (χ1v) is 8.12. The molecule has 0 amide bonds. The van der Waals surface area contributed by atoms with Crippen molar-refractivity contribution in [1.82, 2.24) is 4.57 Å². The molecule has 1 aromatic carbocycles. The average Bonchev–Trinajstić information content (AvgIpc) is 2.47. The minimum atomic E-state index is -0.348. The Morgan fingerprint density at radius 2 is 1.91 bits per heavy atom. The van der Waals surface area contributed by atoms with Crippen molar-refractivity contribution < 1.29 is 4.79 Å². The van der Waals surface area contributed by atoms with Crippen LogP contribution in [0.2, 0.25) is 0 Å². The van der Waals surface area contributed by atoms with Crippen LogP contribution in [0.5, 0.6) is 0 Å². The van der Waals surface area contributed by atoms with Gasteiger partial charge in [-0.3, -0.25) is 9.59 Å². The molecule has 0 aliphatic heterocycles. The van der Waals surface area contributed by atoms with Crippen molar-refractivity contribution in [3.05, 3.63) is 58.5 Å². The second-order valence-electron chi connectivity index (χ2n) is 7.53.